The number of aryl methyl sites for hydroxylation is 1. The number of ether oxygens (including phenoxy) is 2. The van der Waals surface area contributed by atoms with Gasteiger partial charge in [-0.2, -0.15) is 0 Å². The third-order valence-electron chi connectivity index (χ3n) is 18.9. The molecule has 9 rings (SSSR count). The first-order chi connectivity index (χ1) is 51.0. The molecule has 1 fully saturated rings. The van der Waals surface area contributed by atoms with E-state index in [1.54, 1.807) is 55.5 Å². The van der Waals surface area contributed by atoms with E-state index in [1.807, 2.05) is 57.1 Å². The number of benzene rings is 4. The fourth-order valence-electron chi connectivity index (χ4n) is 13.1. The zero-order valence-electron chi connectivity index (χ0n) is 62.4. The summed E-state index contributed by atoms with van der Waals surface area (Å²) in [5.74, 6) is -6.58. The Morgan fingerprint density at radius 1 is 0.718 bits per heavy atom. The SMILES string of the molecule is CCCNC(=O)Nc1cccc(S(=O)(=O)Nc2cccc([C@@H](CC(=O)O)NC(=O)Nc3ccc(NC(=O)NCCN(C)CCN(C)CCN(C)CC(=O)N[C@@H](CC(N)=O)C(=O)N4CCC[C@H]4C(=O)N[C@H](C(=O)O[C@]4(CC)C(=O)OCc5c4cc4n(c5=O)Cc5c-4nc4ccccc4c5CC)C(C)C)cc3)c2)c1.Cl.Cl.Cl. The molecule has 110 heavy (non-hydrogen) atoms. The summed E-state index contributed by atoms with van der Waals surface area (Å²) in [5.41, 5.74) is 8.52. The van der Waals surface area contributed by atoms with Crippen molar-refractivity contribution < 1.29 is 70.9 Å². The number of primary amides is 1. The topological polar surface area (TPSA) is 426 Å². The number of amides is 10. The Balaban J connectivity index is 0.00000630. The highest BCUT2D eigenvalue weighted by Crippen LogP contribution is 2.43. The number of aromatic nitrogens is 2. The Labute approximate surface area is 656 Å². The fourth-order valence-corrected chi connectivity index (χ4v) is 14.2. The summed E-state index contributed by atoms with van der Waals surface area (Å²) in [6, 6.07) is 20.4. The molecule has 10 amide bonds. The lowest BCUT2D eigenvalue weighted by Gasteiger charge is -2.37. The number of carboxylic acid groups (broad SMARTS) is 1. The average Bonchev–Trinajstić information content (AvgIpc) is 1.49. The number of sulfonamides is 1. The number of nitrogens with zero attached hydrogens (tertiary/aromatic N) is 6. The standard InChI is InChI=1S/C74H94N16O16S.3ClH/c1-9-28-76-71(100)80-48-18-15-20-50(37-48)107(103,104)85-49-19-14-17-45(36-49)57(40-63(93)94)83-73(102)79-47-26-24-46(25-27-47)78-72(101)77-29-31-86(6)32-33-87(7)34-35-88(8)42-62(92)81-58(39-61(75)91)68(97)89-30-16-23-59(89)66(95)84-64(44(4)5)69(98)106-74(11-3)55-38-60-65-53(41-90(60)67(96)54(55)43-105-70(74)99)51(10-2)52-21-12-13-22-56(52)82-65;;;/h12-15,17-22,24-27,36-38,44,57-59,64,85H,9-11,16,23,28-35,39-43H2,1-8H3,(H2,75,91)(H,81,92)(H,84,95)(H,93,94)(H2,76,80,100)(H2,77,78,101)(H2,79,83,102);3*1H/t57-,58+,59+,64+,74+;;;/m1.../s1. The van der Waals surface area contributed by atoms with Gasteiger partial charge in [-0.05, 0) is 137 Å². The molecule has 0 spiro atoms. The predicted molar refractivity (Wildman–Crippen MR) is 421 cm³/mol. The van der Waals surface area contributed by atoms with Gasteiger partial charge in [0.2, 0.25) is 29.2 Å². The van der Waals surface area contributed by atoms with Gasteiger partial charge in [0.1, 0.15) is 24.7 Å². The molecule has 0 saturated carbocycles. The summed E-state index contributed by atoms with van der Waals surface area (Å²) in [6.45, 7) is 12.2. The molecule has 3 aliphatic heterocycles. The van der Waals surface area contributed by atoms with Gasteiger partial charge >= 0.3 is 36.0 Å². The number of anilines is 4. The molecule has 6 aromatic rings. The summed E-state index contributed by atoms with van der Waals surface area (Å²) in [5, 5.41) is 32.2. The van der Waals surface area contributed by atoms with E-state index in [4.69, 9.17) is 20.2 Å². The quantitative estimate of drug-likeness (QED) is 0.0199. The van der Waals surface area contributed by atoms with Gasteiger partial charge in [-0.25, -0.2) is 37.4 Å². The van der Waals surface area contributed by atoms with Crippen LogP contribution in [0.5, 0.6) is 0 Å². The Morgan fingerprint density at radius 2 is 1.35 bits per heavy atom. The minimum Gasteiger partial charge on any atom is -0.481 e. The molecule has 4 aromatic carbocycles. The van der Waals surface area contributed by atoms with Crippen molar-refractivity contribution in [2.45, 2.75) is 127 Å². The summed E-state index contributed by atoms with van der Waals surface area (Å²) in [4.78, 5) is 160. The predicted octanol–water partition coefficient (Wildman–Crippen LogP) is 6.24. The highest BCUT2D eigenvalue weighted by molar-refractivity contribution is 7.92. The van der Waals surface area contributed by atoms with E-state index in [1.165, 1.54) is 65.6 Å². The first-order valence-corrected chi connectivity index (χ1v) is 37.0. The minimum absolute atomic E-state index is 0. The monoisotopic (exact) mass is 1600 g/mol. The number of esters is 2. The van der Waals surface area contributed by atoms with Crippen LogP contribution in [0.3, 0.4) is 0 Å². The van der Waals surface area contributed by atoms with Gasteiger partial charge in [0, 0.05) is 91.6 Å². The summed E-state index contributed by atoms with van der Waals surface area (Å²) in [6.07, 6.45) is 0.725. The number of carbonyl (C=O) groups excluding carboxylic acids is 9. The summed E-state index contributed by atoms with van der Waals surface area (Å²) < 4.78 is 42.7. The number of likely N-dealkylation sites (N-methyl/N-ethyl adjacent to an activating group) is 3. The van der Waals surface area contributed by atoms with E-state index in [0.29, 0.717) is 87.8 Å². The van der Waals surface area contributed by atoms with E-state index in [9.17, 15) is 66.3 Å². The van der Waals surface area contributed by atoms with Crippen LogP contribution in [0.1, 0.15) is 107 Å². The molecule has 32 nitrogen and oxygen atoms in total. The number of para-hydroxylation sites is 1. The Hall–Kier alpha value is -10.2. The van der Waals surface area contributed by atoms with Crippen molar-refractivity contribution in [1.82, 2.24) is 55.7 Å². The molecule has 596 valence electrons. The van der Waals surface area contributed by atoms with Gasteiger partial charge in [-0.15, -0.1) is 37.2 Å². The molecule has 5 atom stereocenters. The van der Waals surface area contributed by atoms with Gasteiger partial charge in [0.05, 0.1) is 59.3 Å². The normalized spacial score (nSPS) is 15.5. The van der Waals surface area contributed by atoms with E-state index < -0.39 is 124 Å². The number of pyridine rings is 2. The molecule has 2 aromatic heterocycles. The maximum atomic E-state index is 14.5. The van der Waals surface area contributed by atoms with Gasteiger partial charge in [-0.1, -0.05) is 71.0 Å². The molecular formula is C74H97Cl3N16O16S. The van der Waals surface area contributed by atoms with Gasteiger partial charge in [0.15, 0.2) is 0 Å². The van der Waals surface area contributed by atoms with Crippen LogP contribution in [-0.4, -0.2) is 200 Å². The molecule has 0 radical (unpaired) electrons. The largest absolute Gasteiger partial charge is 0.481 e. The van der Waals surface area contributed by atoms with Crippen molar-refractivity contribution >= 4 is 141 Å². The highest BCUT2D eigenvalue weighted by atomic mass is 35.5. The van der Waals surface area contributed by atoms with Gasteiger partial charge in [-0.3, -0.25) is 38.4 Å². The van der Waals surface area contributed by atoms with Crippen molar-refractivity contribution in [3.63, 3.8) is 0 Å². The minimum atomic E-state index is -4.19. The third-order valence-corrected chi connectivity index (χ3v) is 20.3. The third kappa shape index (κ3) is 22.3. The van der Waals surface area contributed by atoms with Crippen LogP contribution >= 0.6 is 37.2 Å². The van der Waals surface area contributed by atoms with Gasteiger partial charge < -0.3 is 82.1 Å². The van der Waals surface area contributed by atoms with Crippen LogP contribution in [0.15, 0.2) is 113 Å². The van der Waals surface area contributed by atoms with Crippen molar-refractivity contribution in [3.05, 3.63) is 141 Å². The molecule has 36 heteroatoms. The lowest BCUT2D eigenvalue weighted by atomic mass is 9.85. The Kier molecular flexibility index (Phi) is 32.3. The zero-order valence-corrected chi connectivity index (χ0v) is 65.7. The van der Waals surface area contributed by atoms with Crippen LogP contribution in [0.2, 0.25) is 0 Å². The average molecular weight is 1610 g/mol. The number of fused-ring (bicyclic) bond motifs is 5. The molecule has 0 unspecified atom stereocenters. The van der Waals surface area contributed by atoms with Crippen molar-refractivity contribution in [2.75, 3.05) is 101 Å². The second-order valence-electron chi connectivity index (χ2n) is 27.2. The summed E-state index contributed by atoms with van der Waals surface area (Å²) in [7, 11) is 1.34. The Bertz CT molecular complexity index is 4540. The molecule has 3 aliphatic rings. The second kappa shape index (κ2) is 40.0. The number of hydrogen-bond donors (Lipinski definition) is 11. The fraction of sp³-hybridized carbons (Fsp3) is 0.432. The van der Waals surface area contributed by atoms with Crippen molar-refractivity contribution in [2.24, 2.45) is 11.7 Å². The van der Waals surface area contributed by atoms with E-state index in [-0.39, 0.29) is 109 Å². The van der Waals surface area contributed by atoms with Crippen LogP contribution in [0, 0.1) is 5.92 Å². The molecule has 5 heterocycles. The lowest BCUT2D eigenvalue weighted by molar-refractivity contribution is -0.191. The number of halogens is 3. The zero-order chi connectivity index (χ0) is 77.4. The van der Waals surface area contributed by atoms with E-state index in [0.717, 1.165) is 22.0 Å². The maximum Gasteiger partial charge on any atom is 0.355 e. The van der Waals surface area contributed by atoms with Crippen molar-refractivity contribution in [3.8, 4) is 11.4 Å². The number of cyclic esters (lactones) is 1. The number of urea groups is 3. The molecular weight excluding hydrogens is 1510 g/mol. The number of likely N-dealkylation sites (tertiary alicyclic amines) is 1. The van der Waals surface area contributed by atoms with E-state index >= 15 is 0 Å². The number of hydrogen-bond acceptors (Lipinski definition) is 19. The maximum absolute atomic E-state index is 14.5. The molecule has 0 bridgehead atoms. The smallest absolute Gasteiger partial charge is 0.355 e. The number of nitrogens with one attached hydrogen (secondary N) is 9. The van der Waals surface area contributed by atoms with Crippen LogP contribution in [0.4, 0.5) is 37.1 Å². The van der Waals surface area contributed by atoms with Crippen molar-refractivity contribution in [1.29, 1.82) is 0 Å². The number of nitrogens with two attached hydrogens (primary N) is 1. The van der Waals surface area contributed by atoms with Gasteiger partial charge in [0.25, 0.3) is 15.6 Å². The van der Waals surface area contributed by atoms with Crippen LogP contribution < -0.4 is 58.5 Å². The summed E-state index contributed by atoms with van der Waals surface area (Å²) >= 11 is 0. The molecule has 0 aliphatic carbocycles. The first-order valence-electron chi connectivity index (χ1n) is 35.6. The number of carbonyl (C=O) groups is 10. The first kappa shape index (κ1) is 88.7. The highest BCUT2D eigenvalue weighted by Gasteiger charge is 2.52. The Morgan fingerprint density at radius 3 is 1.99 bits per heavy atom. The molecule has 1 saturated heterocycles. The number of aliphatic carboxylic acids is 1. The van der Waals surface area contributed by atoms with Crippen LogP contribution in [-0.2, 0) is 78.2 Å². The molecule has 12 N–H and O–H groups in total. The van der Waals surface area contributed by atoms with E-state index in [2.05, 4.69) is 52.2 Å². The lowest BCUT2D eigenvalue weighted by Crippen LogP contribution is -2.58. The van der Waals surface area contributed by atoms with Crippen LogP contribution in [0.25, 0.3) is 22.3 Å². The second-order valence-corrected chi connectivity index (χ2v) is 28.9. The number of carboxylic acids is 1. The number of rotatable bonds is 34.